The van der Waals surface area contributed by atoms with Crippen molar-refractivity contribution in [3.8, 4) is 0 Å². The maximum atomic E-state index is 2.67. The molecule has 0 spiro atoms. The summed E-state index contributed by atoms with van der Waals surface area (Å²) in [5.74, 6) is 5.00. The van der Waals surface area contributed by atoms with E-state index in [1.165, 1.54) is 110 Å². The van der Waals surface area contributed by atoms with Crippen LogP contribution in [0.1, 0.15) is 237 Å². The van der Waals surface area contributed by atoms with Crippen molar-refractivity contribution in [3.05, 3.63) is 0 Å². The quantitative estimate of drug-likeness (QED) is 0.144. The molecule has 0 bridgehead atoms. The van der Waals surface area contributed by atoms with Gasteiger partial charge in [0.15, 0.2) is 0 Å². The van der Waals surface area contributed by atoms with Crippen molar-refractivity contribution in [2.45, 2.75) is 297 Å². The van der Waals surface area contributed by atoms with Gasteiger partial charge in [0, 0.05) is 67.0 Å². The largest absolute Gasteiger partial charge is 0.304 e. The smallest absolute Gasteiger partial charge is 0.0121 e. The summed E-state index contributed by atoms with van der Waals surface area (Å²) in [4.78, 5) is 15.4. The fourth-order valence-corrected chi connectivity index (χ4v) is 10.5. The maximum absolute atomic E-state index is 2.67. The van der Waals surface area contributed by atoms with Gasteiger partial charge in [-0.05, 0) is 236 Å². The highest BCUT2D eigenvalue weighted by Crippen LogP contribution is 2.28. The molecular formula is C59H128N6. The Morgan fingerprint density at radius 2 is 0.677 bits per heavy atom. The van der Waals surface area contributed by atoms with Crippen LogP contribution in [0.15, 0.2) is 0 Å². The van der Waals surface area contributed by atoms with Crippen LogP contribution in [0.3, 0.4) is 0 Å². The normalized spacial score (nSPS) is 22.3. The number of likely N-dealkylation sites (tertiary alicyclic amines) is 4. The Morgan fingerprint density at radius 3 is 0.892 bits per heavy atom. The third-order valence-electron chi connectivity index (χ3n) is 14.7. The molecule has 394 valence electrons. The summed E-state index contributed by atoms with van der Waals surface area (Å²) in [6, 6.07) is 7.83. The minimum atomic E-state index is 0.687. The molecule has 4 rings (SSSR count). The third-order valence-corrected chi connectivity index (χ3v) is 14.7. The van der Waals surface area contributed by atoms with Gasteiger partial charge in [-0.1, -0.05) is 83.1 Å². The van der Waals surface area contributed by atoms with Gasteiger partial charge in [-0.15, -0.1) is 0 Å². The standard InChI is InChI=1S/2C11H23N.2C10H21N.C9H21N.C8H19N/c2*1-9(2)8-11-6-5-7-12(11)10(3)4;2*1-8(2)10-6-5-7-11(10)9(3)4;1-8(2)6-7-10(5)9(3)4;1-7(2)6-9(5)8(3)4/h2*9-11H,5-8H2,1-4H3;2*8-10H,5-7H2,1-4H3;8-9H,6-7H2,1-5H3;7-8H,6H2,1-5H3/t2*11-;2*10-;;/m1010../s1. The van der Waals surface area contributed by atoms with Crippen LogP contribution >= 0.6 is 0 Å². The molecule has 0 saturated carbocycles. The van der Waals surface area contributed by atoms with E-state index in [9.17, 15) is 0 Å². The molecule has 6 heteroatoms. The van der Waals surface area contributed by atoms with Crippen molar-refractivity contribution >= 4 is 0 Å². The van der Waals surface area contributed by atoms with E-state index in [-0.39, 0.29) is 0 Å². The summed E-state index contributed by atoms with van der Waals surface area (Å²) in [5, 5.41) is 0. The van der Waals surface area contributed by atoms with Gasteiger partial charge in [-0.2, -0.15) is 0 Å². The van der Waals surface area contributed by atoms with Crippen molar-refractivity contribution < 1.29 is 0 Å². The second kappa shape index (κ2) is 36.7. The van der Waals surface area contributed by atoms with Gasteiger partial charge in [0.25, 0.3) is 0 Å². The number of rotatable bonds is 17. The molecule has 4 saturated heterocycles. The van der Waals surface area contributed by atoms with Gasteiger partial charge in [-0.3, -0.25) is 19.6 Å². The van der Waals surface area contributed by atoms with Gasteiger partial charge in [-0.25, -0.2) is 0 Å². The first kappa shape index (κ1) is 66.8. The topological polar surface area (TPSA) is 19.4 Å². The van der Waals surface area contributed by atoms with Crippen molar-refractivity contribution in [2.24, 2.45) is 35.5 Å². The van der Waals surface area contributed by atoms with Crippen LogP contribution in [0, 0.1) is 35.5 Å². The summed E-state index contributed by atoms with van der Waals surface area (Å²) in [6.07, 6.45) is 15.4. The van der Waals surface area contributed by atoms with Crippen molar-refractivity contribution in [1.82, 2.24) is 29.4 Å². The van der Waals surface area contributed by atoms with Crippen LogP contribution in [0.25, 0.3) is 0 Å². The lowest BCUT2D eigenvalue weighted by Gasteiger charge is -2.30. The Labute approximate surface area is 413 Å². The molecule has 4 heterocycles. The van der Waals surface area contributed by atoms with E-state index in [4.69, 9.17) is 0 Å². The first-order valence-electron chi connectivity index (χ1n) is 28.5. The molecule has 6 nitrogen and oxygen atoms in total. The first-order chi connectivity index (χ1) is 30.0. The van der Waals surface area contributed by atoms with Crippen molar-refractivity contribution in [1.29, 1.82) is 0 Å². The predicted molar refractivity (Wildman–Crippen MR) is 298 cm³/mol. The summed E-state index contributed by atoms with van der Waals surface area (Å²) >= 11 is 0. The minimum absolute atomic E-state index is 0.687. The third kappa shape index (κ3) is 30.9. The van der Waals surface area contributed by atoms with Crippen LogP contribution in [0.4, 0.5) is 0 Å². The Bertz CT molecular complexity index is 973. The highest BCUT2D eigenvalue weighted by molar-refractivity contribution is 4.85. The van der Waals surface area contributed by atoms with E-state index >= 15 is 0 Å². The Kier molecular flexibility index (Phi) is 37.7. The lowest BCUT2D eigenvalue weighted by molar-refractivity contribution is 0.166. The second-order valence-electron chi connectivity index (χ2n) is 25.3. The van der Waals surface area contributed by atoms with E-state index in [1.807, 2.05) is 0 Å². The predicted octanol–water partition coefficient (Wildman–Crippen LogP) is 15.2. The van der Waals surface area contributed by atoms with Gasteiger partial charge < -0.3 is 9.80 Å². The molecule has 0 unspecified atom stereocenters. The summed E-state index contributed by atoms with van der Waals surface area (Å²) in [6.45, 7) is 62.9. The highest BCUT2D eigenvalue weighted by atomic mass is 15.2. The average molecular weight is 922 g/mol. The SMILES string of the molecule is CC(C)CCN(C)C(C)C.CC(C)CN(C)C(C)C.CC(C)C[C@@H]1CCCN1C(C)C.CC(C)C[C@H]1CCCN1C(C)C.CC(C)[C@@H]1CCCN1C(C)C.CC(C)[C@H]1CCCN1C(C)C. The second-order valence-corrected chi connectivity index (χ2v) is 25.3. The van der Waals surface area contributed by atoms with Gasteiger partial charge in [0.2, 0.25) is 0 Å². The Hall–Kier alpha value is -0.240. The molecule has 0 amide bonds. The Balaban J connectivity index is 0. The minimum Gasteiger partial charge on any atom is -0.304 e. The van der Waals surface area contributed by atoms with Crippen LogP contribution in [0.2, 0.25) is 0 Å². The molecule has 65 heavy (non-hydrogen) atoms. The van der Waals surface area contributed by atoms with E-state index in [1.54, 1.807) is 0 Å². The van der Waals surface area contributed by atoms with Crippen molar-refractivity contribution in [2.75, 3.05) is 53.4 Å². The van der Waals surface area contributed by atoms with E-state index in [2.05, 4.69) is 210 Å². The van der Waals surface area contributed by atoms with E-state index < -0.39 is 0 Å². The lowest BCUT2D eigenvalue weighted by Crippen LogP contribution is -2.38. The monoisotopic (exact) mass is 921 g/mol. The summed E-state index contributed by atoms with van der Waals surface area (Å²) in [5.41, 5.74) is 0. The summed E-state index contributed by atoms with van der Waals surface area (Å²) < 4.78 is 0. The molecule has 4 aliphatic rings. The average Bonchev–Trinajstić information content (AvgIpc) is 4.02. The summed E-state index contributed by atoms with van der Waals surface area (Å²) in [7, 11) is 4.36. The molecule has 4 fully saturated rings. The Morgan fingerprint density at radius 1 is 0.369 bits per heavy atom. The van der Waals surface area contributed by atoms with Crippen molar-refractivity contribution in [3.63, 3.8) is 0 Å². The molecule has 0 aliphatic carbocycles. The lowest BCUT2D eigenvalue weighted by atomic mass is 10.0. The van der Waals surface area contributed by atoms with E-state index in [0.29, 0.717) is 12.1 Å². The first-order valence-corrected chi connectivity index (χ1v) is 28.5. The zero-order valence-corrected chi connectivity index (χ0v) is 49.9. The zero-order valence-electron chi connectivity index (χ0n) is 49.9. The molecule has 4 atom stereocenters. The van der Waals surface area contributed by atoms with Gasteiger partial charge in [0.1, 0.15) is 0 Å². The fraction of sp³-hybridized carbons (Fsp3) is 1.00. The molecule has 0 radical (unpaired) electrons. The van der Waals surface area contributed by atoms with Crippen LogP contribution in [-0.4, -0.2) is 143 Å². The fourth-order valence-electron chi connectivity index (χ4n) is 10.5. The molecule has 0 aromatic rings. The molecule has 0 N–H and O–H groups in total. The molecule has 4 aliphatic heterocycles. The van der Waals surface area contributed by atoms with Crippen LogP contribution < -0.4 is 0 Å². The van der Waals surface area contributed by atoms with E-state index in [0.717, 1.165) is 83.8 Å². The van der Waals surface area contributed by atoms with Gasteiger partial charge >= 0.3 is 0 Å². The highest BCUT2D eigenvalue weighted by Gasteiger charge is 2.30. The number of hydrogen-bond donors (Lipinski definition) is 0. The maximum Gasteiger partial charge on any atom is 0.0121 e. The van der Waals surface area contributed by atoms with Crippen LogP contribution in [0.5, 0.6) is 0 Å². The molecule has 0 aromatic carbocycles. The van der Waals surface area contributed by atoms with Crippen LogP contribution in [-0.2, 0) is 0 Å². The number of hydrogen-bond acceptors (Lipinski definition) is 6. The molecule has 0 aromatic heterocycles. The van der Waals surface area contributed by atoms with Gasteiger partial charge in [0.05, 0.1) is 0 Å². The number of nitrogens with zero attached hydrogens (tertiary/aromatic N) is 6. The molecular weight excluding hydrogens is 793 g/mol. The zero-order chi connectivity index (χ0) is 50.7.